The van der Waals surface area contributed by atoms with Crippen molar-refractivity contribution in [3.8, 4) is 0 Å². The van der Waals surface area contributed by atoms with Crippen LogP contribution in [0.4, 0.5) is 13.2 Å². The number of hydrogen-bond acceptors (Lipinski definition) is 3. The minimum Gasteiger partial charge on any atom is -0.310 e. The first-order valence-electron chi connectivity index (χ1n) is 6.28. The van der Waals surface area contributed by atoms with Gasteiger partial charge < -0.3 is 4.98 Å². The van der Waals surface area contributed by atoms with E-state index in [0.29, 0.717) is 0 Å². The van der Waals surface area contributed by atoms with Gasteiger partial charge >= 0.3 is 6.18 Å². The van der Waals surface area contributed by atoms with Crippen molar-refractivity contribution in [2.75, 3.05) is 0 Å². The van der Waals surface area contributed by atoms with Crippen LogP contribution in [0.15, 0.2) is 9.82 Å². The third-order valence-corrected chi connectivity index (χ3v) is 5.23. The number of aromatic amines is 1. The molecule has 0 spiro atoms. The van der Waals surface area contributed by atoms with E-state index in [-0.39, 0.29) is 21.5 Å². The minimum atomic E-state index is -4.72. The highest BCUT2D eigenvalue weighted by molar-refractivity contribution is 8.00. The van der Waals surface area contributed by atoms with Crippen LogP contribution in [-0.4, -0.2) is 20.6 Å². The van der Waals surface area contributed by atoms with E-state index in [1.165, 1.54) is 6.92 Å². The quantitative estimate of drug-likeness (QED) is 0.665. The van der Waals surface area contributed by atoms with Crippen LogP contribution in [0.2, 0.25) is 0 Å². The third kappa shape index (κ3) is 3.49. The molecular weight excluding hydrogens is 313 g/mol. The van der Waals surface area contributed by atoms with Gasteiger partial charge in [0.05, 0.1) is 0 Å². The van der Waals surface area contributed by atoms with Crippen LogP contribution in [0.5, 0.6) is 0 Å². The SMILES string of the molecule is Cc1nc(S[C@H]2CCCC[C@H]2Cl)c(C(F)(F)F)c(=O)[nH]1. The molecule has 1 aromatic heterocycles. The Labute approximate surface area is 123 Å². The van der Waals surface area contributed by atoms with Crippen LogP contribution in [-0.2, 0) is 6.18 Å². The van der Waals surface area contributed by atoms with Crippen LogP contribution < -0.4 is 5.56 Å². The van der Waals surface area contributed by atoms with Crippen molar-refractivity contribution in [1.29, 1.82) is 0 Å². The molecule has 0 radical (unpaired) electrons. The van der Waals surface area contributed by atoms with Crippen molar-refractivity contribution in [2.24, 2.45) is 0 Å². The van der Waals surface area contributed by atoms with Gasteiger partial charge in [0.15, 0.2) is 5.56 Å². The molecule has 1 heterocycles. The summed E-state index contributed by atoms with van der Waals surface area (Å²) in [6.45, 7) is 1.46. The second-order valence-electron chi connectivity index (χ2n) is 4.79. The molecule has 1 aromatic rings. The van der Waals surface area contributed by atoms with Gasteiger partial charge in [-0.2, -0.15) is 13.2 Å². The van der Waals surface area contributed by atoms with Crippen molar-refractivity contribution >= 4 is 23.4 Å². The number of thioether (sulfide) groups is 1. The van der Waals surface area contributed by atoms with E-state index in [1.807, 2.05) is 0 Å². The largest absolute Gasteiger partial charge is 0.424 e. The van der Waals surface area contributed by atoms with Crippen LogP contribution in [0.25, 0.3) is 0 Å². The highest BCUT2D eigenvalue weighted by Crippen LogP contribution is 2.40. The molecule has 0 saturated heterocycles. The van der Waals surface area contributed by atoms with Gasteiger partial charge in [0.25, 0.3) is 5.56 Å². The van der Waals surface area contributed by atoms with Crippen molar-refractivity contribution < 1.29 is 13.2 Å². The molecule has 0 unspecified atom stereocenters. The zero-order valence-corrected chi connectivity index (χ0v) is 12.3. The number of aryl methyl sites for hydroxylation is 1. The maximum absolute atomic E-state index is 13.0. The fourth-order valence-corrected chi connectivity index (χ4v) is 4.03. The van der Waals surface area contributed by atoms with Crippen LogP contribution in [0.3, 0.4) is 0 Å². The lowest BCUT2D eigenvalue weighted by Gasteiger charge is -2.26. The highest BCUT2D eigenvalue weighted by atomic mass is 35.5. The van der Waals surface area contributed by atoms with Gasteiger partial charge in [0.1, 0.15) is 10.9 Å². The standard InChI is InChI=1S/C12H14ClF3N2OS/c1-6-17-10(19)9(12(14,15)16)11(18-6)20-8-5-3-2-4-7(8)13/h7-8H,2-5H2,1H3,(H,17,18,19)/t7-,8+/m1/s1. The first kappa shape index (κ1) is 15.7. The Bertz CT molecular complexity index is 546. The number of hydrogen-bond donors (Lipinski definition) is 1. The number of alkyl halides is 4. The van der Waals surface area contributed by atoms with Gasteiger partial charge in [-0.1, -0.05) is 12.8 Å². The molecular formula is C12H14ClF3N2OS. The Morgan fingerprint density at radius 2 is 2.00 bits per heavy atom. The Morgan fingerprint density at radius 1 is 1.35 bits per heavy atom. The molecule has 2 rings (SSSR count). The molecule has 1 fully saturated rings. The average molecular weight is 327 g/mol. The summed E-state index contributed by atoms with van der Waals surface area (Å²) in [5, 5.41) is -0.590. The van der Waals surface area contributed by atoms with Gasteiger partial charge in [-0.3, -0.25) is 4.79 Å². The van der Waals surface area contributed by atoms with E-state index in [1.54, 1.807) is 0 Å². The third-order valence-electron chi connectivity index (χ3n) is 3.17. The highest BCUT2D eigenvalue weighted by Gasteiger charge is 2.39. The van der Waals surface area contributed by atoms with Crippen LogP contribution in [0, 0.1) is 6.92 Å². The van der Waals surface area contributed by atoms with Crippen molar-refractivity contribution in [2.45, 2.75) is 54.4 Å². The van der Waals surface area contributed by atoms with E-state index in [9.17, 15) is 18.0 Å². The first-order chi connectivity index (χ1) is 9.29. The second kappa shape index (κ2) is 5.97. The fourth-order valence-electron chi connectivity index (χ4n) is 2.22. The fraction of sp³-hybridized carbons (Fsp3) is 0.667. The summed E-state index contributed by atoms with van der Waals surface area (Å²) in [4.78, 5) is 17.5. The monoisotopic (exact) mass is 326 g/mol. The van der Waals surface area contributed by atoms with Gasteiger partial charge in [-0.15, -0.1) is 23.4 Å². The van der Waals surface area contributed by atoms with Gasteiger partial charge in [-0.05, 0) is 19.8 Å². The first-order valence-corrected chi connectivity index (χ1v) is 7.59. The summed E-state index contributed by atoms with van der Waals surface area (Å²) in [5.74, 6) is 0.174. The van der Waals surface area contributed by atoms with Gasteiger partial charge in [-0.25, -0.2) is 4.98 Å². The number of halogens is 4. The van der Waals surface area contributed by atoms with Crippen molar-refractivity contribution in [1.82, 2.24) is 9.97 Å². The van der Waals surface area contributed by atoms with Crippen LogP contribution >= 0.6 is 23.4 Å². The van der Waals surface area contributed by atoms with Gasteiger partial charge in [0, 0.05) is 10.6 Å². The summed E-state index contributed by atoms with van der Waals surface area (Å²) < 4.78 is 39.0. The molecule has 1 aliphatic carbocycles. The normalized spacial score (nSPS) is 23.9. The zero-order valence-electron chi connectivity index (χ0n) is 10.8. The van der Waals surface area contributed by atoms with Crippen LogP contribution in [0.1, 0.15) is 37.1 Å². The molecule has 8 heteroatoms. The molecule has 2 atom stereocenters. The Hall–Kier alpha value is -0.690. The number of nitrogens with zero attached hydrogens (tertiary/aromatic N) is 1. The molecule has 0 amide bonds. The molecule has 1 N–H and O–H groups in total. The van der Waals surface area contributed by atoms with E-state index in [2.05, 4.69) is 9.97 Å². The summed E-state index contributed by atoms with van der Waals surface area (Å²) >= 11 is 7.13. The minimum absolute atomic E-state index is 0.139. The molecule has 3 nitrogen and oxygen atoms in total. The number of nitrogens with one attached hydrogen (secondary N) is 1. The lowest BCUT2D eigenvalue weighted by molar-refractivity contribution is -0.141. The topological polar surface area (TPSA) is 45.8 Å². The second-order valence-corrected chi connectivity index (χ2v) is 6.57. The van der Waals surface area contributed by atoms with E-state index >= 15 is 0 Å². The summed E-state index contributed by atoms with van der Waals surface area (Å²) in [6, 6.07) is 0. The zero-order chi connectivity index (χ0) is 14.9. The Balaban J connectivity index is 2.37. The van der Waals surface area contributed by atoms with E-state index in [0.717, 1.165) is 37.4 Å². The summed E-state index contributed by atoms with van der Waals surface area (Å²) in [5.41, 5.74) is -2.36. The maximum atomic E-state index is 13.0. The maximum Gasteiger partial charge on any atom is 0.424 e. The van der Waals surface area contributed by atoms with Crippen molar-refractivity contribution in [3.63, 3.8) is 0 Å². The average Bonchev–Trinajstić information content (AvgIpc) is 2.29. The lowest BCUT2D eigenvalue weighted by Crippen LogP contribution is -2.27. The van der Waals surface area contributed by atoms with Gasteiger partial charge in [0.2, 0.25) is 0 Å². The predicted molar refractivity (Wildman–Crippen MR) is 72.4 cm³/mol. The number of rotatable bonds is 2. The molecule has 112 valence electrons. The molecule has 0 bridgehead atoms. The smallest absolute Gasteiger partial charge is 0.310 e. The summed E-state index contributed by atoms with van der Waals surface area (Å²) in [7, 11) is 0. The van der Waals surface area contributed by atoms with Crippen molar-refractivity contribution in [3.05, 3.63) is 21.7 Å². The Kier molecular flexibility index (Phi) is 4.69. The lowest BCUT2D eigenvalue weighted by atomic mass is 10.00. The molecule has 0 aromatic carbocycles. The molecule has 1 saturated carbocycles. The Morgan fingerprint density at radius 3 is 2.60 bits per heavy atom. The molecule has 0 aliphatic heterocycles. The van der Waals surface area contributed by atoms with E-state index in [4.69, 9.17) is 11.6 Å². The predicted octanol–water partition coefficient (Wildman–Crippen LogP) is 3.74. The van der Waals surface area contributed by atoms with E-state index < -0.39 is 17.3 Å². The number of aromatic nitrogens is 2. The number of H-pyrrole nitrogens is 1. The molecule has 1 aliphatic rings. The molecule has 20 heavy (non-hydrogen) atoms. The summed E-state index contributed by atoms with van der Waals surface area (Å²) in [6.07, 6.45) is -1.27.